The smallest absolute Gasteiger partial charge is 0.0693 e. The number of aliphatic hydroxyl groups is 1. The molecule has 4 aromatic carbocycles. The lowest BCUT2D eigenvalue weighted by molar-refractivity contribution is 0.285. The lowest BCUT2D eigenvalue weighted by Crippen LogP contribution is -1.92. The summed E-state index contributed by atoms with van der Waals surface area (Å²) in [7, 11) is 0. The third kappa shape index (κ3) is 2.58. The Balaban J connectivity index is 2.03. The monoisotopic (exact) mass is 330 g/mol. The molecule has 1 nitrogen and oxygen atoms in total. The van der Waals surface area contributed by atoms with Crippen LogP contribution in [0.4, 0.5) is 0 Å². The highest BCUT2D eigenvalue weighted by Gasteiger charge is 2.13. The van der Waals surface area contributed by atoms with Gasteiger partial charge < -0.3 is 5.11 Å². The van der Waals surface area contributed by atoms with Gasteiger partial charge in [-0.1, -0.05) is 78.0 Å². The van der Waals surface area contributed by atoms with E-state index in [1.807, 2.05) is 12.1 Å². The van der Waals surface area contributed by atoms with Gasteiger partial charge >= 0.3 is 0 Å². The average molecular weight is 330 g/mol. The van der Waals surface area contributed by atoms with E-state index in [4.69, 9.17) is 0 Å². The summed E-state index contributed by atoms with van der Waals surface area (Å²) in [4.78, 5) is 2.48. The van der Waals surface area contributed by atoms with Crippen molar-refractivity contribution in [3.8, 4) is 0 Å². The molecule has 0 aliphatic rings. The Labute approximate surface area is 145 Å². The topological polar surface area (TPSA) is 20.2 Å². The van der Waals surface area contributed by atoms with E-state index in [1.54, 1.807) is 11.8 Å². The molecule has 0 spiro atoms. The quantitative estimate of drug-likeness (QED) is 0.469. The zero-order chi connectivity index (χ0) is 16.5. The Kier molecular flexibility index (Phi) is 4.01. The predicted octanol–water partition coefficient (Wildman–Crippen LogP) is 5.94. The van der Waals surface area contributed by atoms with Gasteiger partial charge in [0.25, 0.3) is 0 Å². The largest absolute Gasteiger partial charge is 0.392 e. The van der Waals surface area contributed by atoms with Crippen LogP contribution in [0.25, 0.3) is 21.5 Å². The highest BCUT2D eigenvalue weighted by molar-refractivity contribution is 7.99. The zero-order valence-corrected chi connectivity index (χ0v) is 14.3. The first-order chi connectivity index (χ1) is 11.8. The molecule has 24 heavy (non-hydrogen) atoms. The van der Waals surface area contributed by atoms with Gasteiger partial charge in [-0.25, -0.2) is 0 Å². The molecule has 0 fully saturated rings. The number of aliphatic hydroxyl groups excluding tert-OH is 1. The number of benzene rings is 4. The van der Waals surface area contributed by atoms with Crippen molar-refractivity contribution in [1.82, 2.24) is 0 Å². The summed E-state index contributed by atoms with van der Waals surface area (Å²) < 4.78 is 0. The minimum absolute atomic E-state index is 0.0521. The second-order valence-corrected chi connectivity index (χ2v) is 7.06. The van der Waals surface area contributed by atoms with Crippen molar-refractivity contribution < 1.29 is 5.11 Å². The molecule has 2 heteroatoms. The standard InChI is InChI=1S/C22H18OS/c1-15-10-12-16(13-11-15)24-22-19-8-4-2-6-17(19)21(14-23)18-7-3-5-9-20(18)22/h2-13,23H,14H2,1H3. The van der Waals surface area contributed by atoms with Crippen LogP contribution >= 0.6 is 11.8 Å². The molecule has 0 radical (unpaired) electrons. The average Bonchev–Trinajstić information content (AvgIpc) is 2.63. The van der Waals surface area contributed by atoms with Gasteiger partial charge in [-0.15, -0.1) is 0 Å². The summed E-state index contributed by atoms with van der Waals surface area (Å²) in [6.45, 7) is 2.16. The Morgan fingerprint density at radius 2 is 1.21 bits per heavy atom. The highest BCUT2D eigenvalue weighted by atomic mass is 32.2. The van der Waals surface area contributed by atoms with E-state index < -0.39 is 0 Å². The van der Waals surface area contributed by atoms with Gasteiger partial charge in [0.1, 0.15) is 0 Å². The van der Waals surface area contributed by atoms with Crippen LogP contribution in [0.1, 0.15) is 11.1 Å². The van der Waals surface area contributed by atoms with Crippen LogP contribution in [0.3, 0.4) is 0 Å². The fraction of sp³-hybridized carbons (Fsp3) is 0.0909. The number of rotatable bonds is 3. The normalized spacial score (nSPS) is 11.2. The number of aryl methyl sites for hydroxylation is 1. The van der Waals surface area contributed by atoms with Crippen molar-refractivity contribution in [2.24, 2.45) is 0 Å². The molecule has 0 aliphatic heterocycles. The van der Waals surface area contributed by atoms with Crippen LogP contribution < -0.4 is 0 Å². The fourth-order valence-electron chi connectivity index (χ4n) is 3.18. The molecule has 0 atom stereocenters. The Morgan fingerprint density at radius 1 is 0.708 bits per heavy atom. The number of hydrogen-bond donors (Lipinski definition) is 1. The van der Waals surface area contributed by atoms with Crippen molar-refractivity contribution in [2.45, 2.75) is 23.3 Å². The second-order valence-electron chi connectivity index (χ2n) is 5.97. The fourth-order valence-corrected chi connectivity index (χ4v) is 4.27. The van der Waals surface area contributed by atoms with Gasteiger partial charge in [0, 0.05) is 9.79 Å². The van der Waals surface area contributed by atoms with E-state index in [1.165, 1.54) is 26.1 Å². The SMILES string of the molecule is Cc1ccc(Sc2c3ccccc3c(CO)c3ccccc23)cc1. The minimum atomic E-state index is 0.0521. The maximum Gasteiger partial charge on any atom is 0.0693 e. The number of fused-ring (bicyclic) bond motifs is 2. The molecule has 4 aromatic rings. The molecule has 0 aliphatic carbocycles. The van der Waals surface area contributed by atoms with E-state index >= 15 is 0 Å². The minimum Gasteiger partial charge on any atom is -0.392 e. The maximum absolute atomic E-state index is 9.94. The summed E-state index contributed by atoms with van der Waals surface area (Å²) in [5, 5.41) is 14.6. The van der Waals surface area contributed by atoms with Crippen molar-refractivity contribution in [3.63, 3.8) is 0 Å². The third-order valence-corrected chi connectivity index (χ3v) is 5.54. The van der Waals surface area contributed by atoms with E-state index in [0.29, 0.717) is 0 Å². The van der Waals surface area contributed by atoms with Gasteiger partial charge in [0.05, 0.1) is 6.61 Å². The van der Waals surface area contributed by atoms with Crippen LogP contribution in [0.15, 0.2) is 82.6 Å². The van der Waals surface area contributed by atoms with Crippen LogP contribution in [0, 0.1) is 6.92 Å². The molecular weight excluding hydrogens is 312 g/mol. The molecule has 0 saturated carbocycles. The van der Waals surface area contributed by atoms with Gasteiger partial charge in [-0.3, -0.25) is 0 Å². The van der Waals surface area contributed by atoms with Crippen LogP contribution in [0.5, 0.6) is 0 Å². The van der Waals surface area contributed by atoms with Gasteiger partial charge in [0.2, 0.25) is 0 Å². The molecule has 1 N–H and O–H groups in total. The van der Waals surface area contributed by atoms with Crippen LogP contribution in [0.2, 0.25) is 0 Å². The van der Waals surface area contributed by atoms with Crippen molar-refractivity contribution in [2.75, 3.05) is 0 Å². The molecule has 0 saturated heterocycles. The predicted molar refractivity (Wildman–Crippen MR) is 103 cm³/mol. The third-order valence-electron chi connectivity index (χ3n) is 4.39. The molecule has 118 valence electrons. The van der Waals surface area contributed by atoms with Crippen LogP contribution in [-0.2, 0) is 6.61 Å². The van der Waals surface area contributed by atoms with Gasteiger partial charge in [0.15, 0.2) is 0 Å². The summed E-state index contributed by atoms with van der Waals surface area (Å²) >= 11 is 1.79. The first kappa shape index (κ1) is 15.3. The first-order valence-electron chi connectivity index (χ1n) is 8.05. The van der Waals surface area contributed by atoms with Crippen molar-refractivity contribution in [1.29, 1.82) is 0 Å². The lowest BCUT2D eigenvalue weighted by Gasteiger charge is -2.15. The van der Waals surface area contributed by atoms with E-state index in [9.17, 15) is 5.11 Å². The Hall–Kier alpha value is -2.29. The number of hydrogen-bond acceptors (Lipinski definition) is 2. The molecule has 0 unspecified atom stereocenters. The van der Waals surface area contributed by atoms with E-state index in [-0.39, 0.29) is 6.61 Å². The van der Waals surface area contributed by atoms with Crippen molar-refractivity contribution >= 4 is 33.3 Å². The first-order valence-corrected chi connectivity index (χ1v) is 8.87. The van der Waals surface area contributed by atoms with E-state index in [2.05, 4.69) is 67.6 Å². The summed E-state index contributed by atoms with van der Waals surface area (Å²) in [5.41, 5.74) is 2.28. The zero-order valence-electron chi connectivity index (χ0n) is 13.5. The molecule has 4 rings (SSSR count). The van der Waals surface area contributed by atoms with Crippen molar-refractivity contribution in [3.05, 3.63) is 83.9 Å². The second kappa shape index (κ2) is 6.31. The Morgan fingerprint density at radius 3 is 1.71 bits per heavy atom. The summed E-state index contributed by atoms with van der Waals surface area (Å²) in [5.74, 6) is 0. The Bertz CT molecular complexity index is 962. The molecule has 0 heterocycles. The molecule has 0 amide bonds. The summed E-state index contributed by atoms with van der Waals surface area (Å²) in [6.07, 6.45) is 0. The van der Waals surface area contributed by atoms with E-state index in [0.717, 1.165) is 16.3 Å². The molecule has 0 bridgehead atoms. The maximum atomic E-state index is 9.94. The summed E-state index contributed by atoms with van der Waals surface area (Å²) in [6, 6.07) is 25.4. The van der Waals surface area contributed by atoms with Gasteiger partial charge in [-0.2, -0.15) is 0 Å². The lowest BCUT2D eigenvalue weighted by atomic mass is 9.97. The molecular formula is C22H18OS. The van der Waals surface area contributed by atoms with Gasteiger partial charge in [-0.05, 0) is 46.2 Å². The highest BCUT2D eigenvalue weighted by Crippen LogP contribution is 2.41. The van der Waals surface area contributed by atoms with Crippen LogP contribution in [-0.4, -0.2) is 5.11 Å². The molecule has 0 aromatic heterocycles.